The monoisotopic (exact) mass is 215 g/mol. The van der Waals surface area contributed by atoms with Gasteiger partial charge >= 0.3 is 0 Å². The lowest BCUT2D eigenvalue weighted by Crippen LogP contribution is -2.32. The van der Waals surface area contributed by atoms with Crippen molar-refractivity contribution in [2.75, 3.05) is 12.3 Å². The molecule has 0 aromatic rings. The molecule has 82 valence electrons. The molecule has 14 heavy (non-hydrogen) atoms. The summed E-state index contributed by atoms with van der Waals surface area (Å²) in [6.07, 6.45) is 9.86. The second kappa shape index (κ2) is 6.40. The molecule has 0 unspecified atom stereocenters. The van der Waals surface area contributed by atoms with Crippen molar-refractivity contribution in [3.05, 3.63) is 0 Å². The van der Waals surface area contributed by atoms with Gasteiger partial charge in [-0.05, 0) is 33.2 Å². The number of amides is 1. The fourth-order valence-corrected chi connectivity index (χ4v) is 4.21. The van der Waals surface area contributed by atoms with Crippen LogP contribution in [0.5, 0.6) is 0 Å². The maximum atomic E-state index is 11.1. The van der Waals surface area contributed by atoms with E-state index in [4.69, 9.17) is 0 Å². The van der Waals surface area contributed by atoms with Crippen molar-refractivity contribution in [1.29, 1.82) is 0 Å². The maximum absolute atomic E-state index is 11.1. The average Bonchev–Trinajstić information content (AvgIpc) is 2.27. The third-order valence-corrected chi connectivity index (χ3v) is 5.65. The fourth-order valence-electron chi connectivity index (χ4n) is 2.28. The van der Waals surface area contributed by atoms with Crippen LogP contribution < -0.4 is 0 Å². The highest BCUT2D eigenvalue weighted by Crippen LogP contribution is 2.42. The largest absolute Gasteiger partial charge is 0.321 e. The van der Waals surface area contributed by atoms with Crippen LogP contribution in [-0.4, -0.2) is 29.4 Å². The Morgan fingerprint density at radius 3 is 2.21 bits per heavy atom. The molecule has 0 atom stereocenters. The van der Waals surface area contributed by atoms with E-state index >= 15 is 0 Å². The first-order chi connectivity index (χ1) is 6.83. The molecule has 0 spiro atoms. The summed E-state index contributed by atoms with van der Waals surface area (Å²) in [7, 11) is -0.177. The molecule has 0 bridgehead atoms. The normalized spacial score (nSPS) is 18.5. The maximum Gasteiger partial charge on any atom is 0.213 e. The number of carbonyl (C=O) groups excluding carboxylic acids is 1. The van der Waals surface area contributed by atoms with Crippen LogP contribution in [0.3, 0.4) is 0 Å². The third-order valence-electron chi connectivity index (χ3n) is 3.11. The van der Waals surface area contributed by atoms with Crippen LogP contribution in [0.15, 0.2) is 0 Å². The number of rotatable bonds is 5. The number of hydrogen-bond acceptors (Lipinski definition) is 1. The van der Waals surface area contributed by atoms with E-state index in [0.717, 1.165) is 18.7 Å². The lowest BCUT2D eigenvalue weighted by atomic mass is 9.96. The predicted molar refractivity (Wildman–Crippen MR) is 62.8 cm³/mol. The van der Waals surface area contributed by atoms with Crippen molar-refractivity contribution in [1.82, 2.24) is 4.67 Å². The van der Waals surface area contributed by atoms with Crippen molar-refractivity contribution in [3.8, 4) is 0 Å². The Hall–Kier alpha value is -0.100. The van der Waals surface area contributed by atoms with E-state index in [9.17, 15) is 4.79 Å². The SMILES string of the molecule is CCP(CC)N(C=O)C1CCCCC1. The van der Waals surface area contributed by atoms with Gasteiger partial charge in [-0.1, -0.05) is 33.1 Å². The number of nitrogens with zero attached hydrogens (tertiary/aromatic N) is 1. The van der Waals surface area contributed by atoms with Crippen LogP contribution in [0.1, 0.15) is 46.0 Å². The zero-order valence-corrected chi connectivity index (χ0v) is 10.3. The summed E-state index contributed by atoms with van der Waals surface area (Å²) in [5, 5.41) is 0. The zero-order valence-electron chi connectivity index (χ0n) is 9.41. The van der Waals surface area contributed by atoms with Gasteiger partial charge in [-0.2, -0.15) is 0 Å². The minimum absolute atomic E-state index is 0.177. The summed E-state index contributed by atoms with van der Waals surface area (Å²) < 4.78 is 2.15. The van der Waals surface area contributed by atoms with Gasteiger partial charge in [0.05, 0.1) is 0 Å². The second-order valence-electron chi connectivity index (χ2n) is 3.92. The minimum atomic E-state index is -0.177. The number of hydrogen-bond donors (Lipinski definition) is 0. The highest BCUT2D eigenvalue weighted by Gasteiger charge is 2.24. The first-order valence-electron chi connectivity index (χ1n) is 5.82. The van der Waals surface area contributed by atoms with Gasteiger partial charge in [-0.3, -0.25) is 4.79 Å². The Morgan fingerprint density at radius 2 is 1.79 bits per heavy atom. The van der Waals surface area contributed by atoms with Crippen LogP contribution in [0, 0.1) is 0 Å². The summed E-state index contributed by atoms with van der Waals surface area (Å²) in [6, 6.07) is 0.562. The molecule has 1 amide bonds. The molecule has 3 heteroatoms. The Bertz CT molecular complexity index is 165. The molecule has 1 aliphatic carbocycles. The van der Waals surface area contributed by atoms with Crippen molar-refractivity contribution in [3.63, 3.8) is 0 Å². The van der Waals surface area contributed by atoms with Gasteiger partial charge in [0.1, 0.15) is 0 Å². The summed E-state index contributed by atoms with van der Waals surface area (Å²) in [6.45, 7) is 4.41. The molecule has 1 fully saturated rings. The van der Waals surface area contributed by atoms with E-state index in [2.05, 4.69) is 18.5 Å². The van der Waals surface area contributed by atoms with E-state index in [0.29, 0.717) is 6.04 Å². The fraction of sp³-hybridized carbons (Fsp3) is 0.909. The van der Waals surface area contributed by atoms with E-state index in [1.165, 1.54) is 32.1 Å². The lowest BCUT2D eigenvalue weighted by Gasteiger charge is -2.36. The summed E-state index contributed by atoms with van der Waals surface area (Å²) >= 11 is 0. The Labute approximate surface area is 88.9 Å². The Morgan fingerprint density at radius 1 is 1.21 bits per heavy atom. The van der Waals surface area contributed by atoms with Gasteiger partial charge < -0.3 is 4.67 Å². The highest BCUT2D eigenvalue weighted by atomic mass is 31.1. The van der Waals surface area contributed by atoms with Gasteiger partial charge in [0, 0.05) is 6.04 Å². The molecule has 0 N–H and O–H groups in total. The molecule has 1 rings (SSSR count). The summed E-state index contributed by atoms with van der Waals surface area (Å²) in [5.74, 6) is 0. The van der Waals surface area contributed by atoms with E-state index in [1.54, 1.807) is 0 Å². The standard InChI is InChI=1S/C11H22NOP/c1-3-14(4-2)12(10-13)11-8-6-5-7-9-11/h10-11H,3-9H2,1-2H3. The third kappa shape index (κ3) is 2.95. The number of carbonyl (C=O) groups is 1. The first kappa shape index (κ1) is 12.0. The molecule has 2 nitrogen and oxygen atoms in total. The molecule has 0 aromatic heterocycles. The van der Waals surface area contributed by atoms with Gasteiger partial charge in [-0.25, -0.2) is 0 Å². The smallest absolute Gasteiger partial charge is 0.213 e. The van der Waals surface area contributed by atoms with Crippen LogP contribution in [0.4, 0.5) is 0 Å². The molecule has 0 aliphatic heterocycles. The van der Waals surface area contributed by atoms with E-state index in [1.807, 2.05) is 0 Å². The molecular weight excluding hydrogens is 193 g/mol. The van der Waals surface area contributed by atoms with Crippen molar-refractivity contribution >= 4 is 14.5 Å². The molecule has 1 saturated carbocycles. The molecule has 1 aliphatic rings. The molecule has 0 radical (unpaired) electrons. The van der Waals surface area contributed by atoms with Gasteiger partial charge in [0.25, 0.3) is 0 Å². The van der Waals surface area contributed by atoms with E-state index in [-0.39, 0.29) is 8.07 Å². The van der Waals surface area contributed by atoms with Crippen LogP contribution >= 0.6 is 8.07 Å². The first-order valence-corrected chi connectivity index (χ1v) is 7.48. The molecule has 0 heterocycles. The summed E-state index contributed by atoms with van der Waals surface area (Å²) in [5.41, 5.74) is 0. The predicted octanol–water partition coefficient (Wildman–Crippen LogP) is 3.21. The average molecular weight is 215 g/mol. The van der Waals surface area contributed by atoms with Crippen LogP contribution in [0.25, 0.3) is 0 Å². The topological polar surface area (TPSA) is 20.3 Å². The Balaban J connectivity index is 2.53. The van der Waals surface area contributed by atoms with Gasteiger partial charge in [0.2, 0.25) is 6.41 Å². The second-order valence-corrected chi connectivity index (χ2v) is 6.66. The molecule has 0 saturated heterocycles. The van der Waals surface area contributed by atoms with Crippen molar-refractivity contribution in [2.45, 2.75) is 52.0 Å². The van der Waals surface area contributed by atoms with Crippen molar-refractivity contribution < 1.29 is 4.79 Å². The van der Waals surface area contributed by atoms with E-state index < -0.39 is 0 Å². The van der Waals surface area contributed by atoms with Crippen LogP contribution in [-0.2, 0) is 4.79 Å². The van der Waals surface area contributed by atoms with Crippen molar-refractivity contribution in [2.24, 2.45) is 0 Å². The van der Waals surface area contributed by atoms with Gasteiger partial charge in [-0.15, -0.1) is 0 Å². The minimum Gasteiger partial charge on any atom is -0.321 e. The molecular formula is C11H22NOP. The quantitative estimate of drug-likeness (QED) is 0.509. The van der Waals surface area contributed by atoms with Crippen LogP contribution in [0.2, 0.25) is 0 Å². The van der Waals surface area contributed by atoms with Gasteiger partial charge in [0.15, 0.2) is 0 Å². The lowest BCUT2D eigenvalue weighted by molar-refractivity contribution is -0.115. The summed E-state index contributed by atoms with van der Waals surface area (Å²) in [4.78, 5) is 11.1. The Kier molecular flexibility index (Phi) is 5.47. The molecule has 0 aromatic carbocycles. The zero-order chi connectivity index (χ0) is 10.4. The highest BCUT2D eigenvalue weighted by molar-refractivity contribution is 7.55.